The number of methoxy groups -OCH3 is 2. The molecule has 0 spiro atoms. The van der Waals surface area contributed by atoms with Crippen LogP contribution in [-0.2, 0) is 22.1 Å². The Hall–Kier alpha value is -2.82. The predicted molar refractivity (Wildman–Crippen MR) is 132 cm³/mol. The number of rotatable bonds is 8. The molecule has 0 aliphatic heterocycles. The Kier molecular flexibility index (Phi) is 7.47. The van der Waals surface area contributed by atoms with Crippen LogP contribution >= 0.6 is 11.6 Å². The van der Waals surface area contributed by atoms with Crippen LogP contribution in [0.3, 0.4) is 0 Å². The van der Waals surface area contributed by atoms with Gasteiger partial charge < -0.3 is 19.6 Å². The standard InChI is InChI=1S/C26H29ClF3N3O4/c1-14(2)9-19-20(16-7-5-6-8-18(16)27)21(24(34)37-4)22(32-19)17-12-31-33(23(17)26(28,29)30)15-10-25(35,11-15)13-36-3/h5-8,12,14-15,32,35H,9-11,13H2,1-4H3. The van der Waals surface area contributed by atoms with Crippen LogP contribution in [0.15, 0.2) is 30.5 Å². The van der Waals surface area contributed by atoms with Gasteiger partial charge >= 0.3 is 12.1 Å². The molecule has 3 aromatic rings. The summed E-state index contributed by atoms with van der Waals surface area (Å²) >= 11 is 6.47. The molecule has 11 heteroatoms. The van der Waals surface area contributed by atoms with E-state index in [4.69, 9.17) is 21.1 Å². The topological polar surface area (TPSA) is 89.4 Å². The van der Waals surface area contributed by atoms with Crippen LogP contribution in [0.25, 0.3) is 22.4 Å². The quantitative estimate of drug-likeness (QED) is 0.347. The molecule has 0 bridgehead atoms. The molecule has 0 radical (unpaired) electrons. The fraction of sp³-hybridized carbons (Fsp3) is 0.462. The molecule has 1 saturated carbocycles. The van der Waals surface area contributed by atoms with E-state index in [1.807, 2.05) is 13.8 Å². The summed E-state index contributed by atoms with van der Waals surface area (Å²) in [6.45, 7) is 3.94. The van der Waals surface area contributed by atoms with Gasteiger partial charge in [-0.2, -0.15) is 18.3 Å². The van der Waals surface area contributed by atoms with Crippen molar-refractivity contribution in [2.75, 3.05) is 20.8 Å². The fourth-order valence-corrected chi connectivity index (χ4v) is 5.29. The van der Waals surface area contributed by atoms with Crippen molar-refractivity contribution in [1.29, 1.82) is 0 Å². The van der Waals surface area contributed by atoms with Crippen LogP contribution in [0.1, 0.15) is 54.5 Å². The number of hydrogen-bond donors (Lipinski definition) is 2. The Morgan fingerprint density at radius 1 is 1.27 bits per heavy atom. The largest absolute Gasteiger partial charge is 0.465 e. The first-order valence-electron chi connectivity index (χ1n) is 11.8. The third-order valence-electron chi connectivity index (χ3n) is 6.55. The Morgan fingerprint density at radius 3 is 2.51 bits per heavy atom. The third-order valence-corrected chi connectivity index (χ3v) is 6.88. The van der Waals surface area contributed by atoms with Crippen LogP contribution < -0.4 is 0 Å². The predicted octanol–water partition coefficient (Wildman–Crippen LogP) is 5.91. The van der Waals surface area contributed by atoms with Crippen molar-refractivity contribution in [3.8, 4) is 22.4 Å². The number of hydrogen-bond acceptors (Lipinski definition) is 5. The molecule has 1 aromatic carbocycles. The van der Waals surface area contributed by atoms with Gasteiger partial charge in [-0.05, 0) is 18.4 Å². The second-order valence-electron chi connectivity index (χ2n) is 9.87. The average molecular weight is 540 g/mol. The number of carbonyl (C=O) groups is 1. The lowest BCUT2D eigenvalue weighted by Crippen LogP contribution is -2.49. The molecule has 2 N–H and O–H groups in total. The maximum absolute atomic E-state index is 14.5. The van der Waals surface area contributed by atoms with Crippen LogP contribution in [-0.4, -0.2) is 52.3 Å². The highest BCUT2D eigenvalue weighted by Crippen LogP contribution is 2.48. The second kappa shape index (κ2) is 10.2. The summed E-state index contributed by atoms with van der Waals surface area (Å²) in [5.74, 6) is -0.674. The lowest BCUT2D eigenvalue weighted by atomic mass is 9.76. The molecule has 0 unspecified atom stereocenters. The normalized spacial score (nSPS) is 19.8. The summed E-state index contributed by atoms with van der Waals surface area (Å²) in [6, 6.07) is 6.16. The van der Waals surface area contributed by atoms with E-state index < -0.39 is 29.5 Å². The summed E-state index contributed by atoms with van der Waals surface area (Å²) in [5.41, 5.74) is -1.10. The molecule has 0 atom stereocenters. The minimum Gasteiger partial charge on any atom is -0.465 e. The first-order chi connectivity index (χ1) is 17.4. The van der Waals surface area contributed by atoms with Crippen molar-refractivity contribution in [3.05, 3.63) is 52.4 Å². The third kappa shape index (κ3) is 5.15. The van der Waals surface area contributed by atoms with E-state index in [1.54, 1.807) is 24.3 Å². The monoisotopic (exact) mass is 539 g/mol. The molecule has 4 rings (SSSR count). The molecular formula is C26H29ClF3N3O4. The SMILES string of the molecule is COCC1(O)CC(n2ncc(-c3[nH]c(CC(C)C)c(-c4ccccc4Cl)c3C(=O)OC)c2C(F)(F)F)C1. The number of nitrogens with zero attached hydrogens (tertiary/aromatic N) is 2. The number of aromatic amines is 1. The van der Waals surface area contributed by atoms with Crippen LogP contribution in [0.5, 0.6) is 0 Å². The minimum absolute atomic E-state index is 0.0157. The highest BCUT2D eigenvalue weighted by Gasteiger charge is 2.49. The van der Waals surface area contributed by atoms with E-state index in [0.717, 1.165) is 10.9 Å². The van der Waals surface area contributed by atoms with Gasteiger partial charge in [0.05, 0.1) is 42.8 Å². The second-order valence-corrected chi connectivity index (χ2v) is 10.3. The van der Waals surface area contributed by atoms with Crippen molar-refractivity contribution < 1.29 is 32.5 Å². The van der Waals surface area contributed by atoms with Gasteiger partial charge in [-0.1, -0.05) is 43.6 Å². The van der Waals surface area contributed by atoms with Gasteiger partial charge in [0.25, 0.3) is 0 Å². The highest BCUT2D eigenvalue weighted by atomic mass is 35.5. The molecule has 2 heterocycles. The minimum atomic E-state index is -4.79. The number of esters is 1. The summed E-state index contributed by atoms with van der Waals surface area (Å²) in [5, 5.41) is 14.9. The number of carbonyl (C=O) groups excluding carboxylic acids is 1. The van der Waals surface area contributed by atoms with E-state index in [2.05, 4.69) is 10.1 Å². The molecule has 200 valence electrons. The van der Waals surface area contributed by atoms with Crippen molar-refractivity contribution in [2.45, 2.75) is 50.9 Å². The molecule has 7 nitrogen and oxygen atoms in total. The Morgan fingerprint density at radius 2 is 1.95 bits per heavy atom. The van der Waals surface area contributed by atoms with Crippen molar-refractivity contribution in [3.63, 3.8) is 0 Å². The number of H-pyrrole nitrogens is 1. The number of aromatic nitrogens is 3. The first-order valence-corrected chi connectivity index (χ1v) is 12.2. The summed E-state index contributed by atoms with van der Waals surface area (Å²) in [6.07, 6.45) is -3.12. The molecular weight excluding hydrogens is 511 g/mol. The van der Waals surface area contributed by atoms with Crippen LogP contribution in [0.4, 0.5) is 13.2 Å². The molecule has 0 amide bonds. The molecule has 1 aliphatic carbocycles. The van der Waals surface area contributed by atoms with Crippen molar-refractivity contribution >= 4 is 17.6 Å². The lowest BCUT2D eigenvalue weighted by molar-refractivity contribution is -0.153. The number of alkyl halides is 3. The highest BCUT2D eigenvalue weighted by molar-refractivity contribution is 6.33. The number of benzene rings is 1. The summed E-state index contributed by atoms with van der Waals surface area (Å²) in [7, 11) is 2.60. The zero-order chi connectivity index (χ0) is 27.1. The van der Waals surface area contributed by atoms with E-state index in [1.165, 1.54) is 14.2 Å². The fourth-order valence-electron chi connectivity index (χ4n) is 5.06. The van der Waals surface area contributed by atoms with Crippen molar-refractivity contribution in [1.82, 2.24) is 14.8 Å². The van der Waals surface area contributed by atoms with E-state index >= 15 is 0 Å². The smallest absolute Gasteiger partial charge is 0.433 e. The maximum Gasteiger partial charge on any atom is 0.433 e. The maximum atomic E-state index is 14.5. The molecule has 1 aliphatic rings. The Balaban J connectivity index is 1.95. The lowest BCUT2D eigenvalue weighted by Gasteiger charge is -2.43. The average Bonchev–Trinajstić information content (AvgIpc) is 3.39. The Labute approximate surface area is 217 Å². The van der Waals surface area contributed by atoms with E-state index in [-0.39, 0.29) is 42.2 Å². The van der Waals surface area contributed by atoms with Gasteiger partial charge in [0.1, 0.15) is 0 Å². The zero-order valence-electron chi connectivity index (χ0n) is 20.9. The van der Waals surface area contributed by atoms with Gasteiger partial charge in [0.15, 0.2) is 5.69 Å². The van der Waals surface area contributed by atoms with E-state index in [9.17, 15) is 23.1 Å². The zero-order valence-corrected chi connectivity index (χ0v) is 21.7. The number of aliphatic hydroxyl groups is 1. The molecule has 0 saturated heterocycles. The van der Waals surface area contributed by atoms with E-state index in [0.29, 0.717) is 28.3 Å². The van der Waals surface area contributed by atoms with Gasteiger partial charge in [-0.25, -0.2) is 4.79 Å². The summed E-state index contributed by atoms with van der Waals surface area (Å²) < 4.78 is 54.4. The number of ether oxygens (including phenoxy) is 2. The molecule has 37 heavy (non-hydrogen) atoms. The molecule has 2 aromatic heterocycles. The van der Waals surface area contributed by atoms with Gasteiger partial charge in [0, 0.05) is 47.4 Å². The van der Waals surface area contributed by atoms with Gasteiger partial charge in [0.2, 0.25) is 0 Å². The Bertz CT molecular complexity index is 1290. The number of nitrogens with one attached hydrogen (secondary N) is 1. The first kappa shape index (κ1) is 27.2. The summed E-state index contributed by atoms with van der Waals surface area (Å²) in [4.78, 5) is 16.2. The van der Waals surface area contributed by atoms with Crippen LogP contribution in [0.2, 0.25) is 5.02 Å². The van der Waals surface area contributed by atoms with Crippen molar-refractivity contribution in [2.24, 2.45) is 5.92 Å². The number of halogens is 4. The van der Waals surface area contributed by atoms with Crippen LogP contribution in [0, 0.1) is 5.92 Å². The molecule has 1 fully saturated rings. The van der Waals surface area contributed by atoms with Gasteiger partial charge in [-0.15, -0.1) is 0 Å². The van der Waals surface area contributed by atoms with Gasteiger partial charge in [-0.3, -0.25) is 4.68 Å².